The number of fused-ring (bicyclic) bond motifs is 1. The lowest BCUT2D eigenvalue weighted by molar-refractivity contribution is 0.0234. The Kier molecular flexibility index (Phi) is 2.55. The van der Waals surface area contributed by atoms with Crippen molar-refractivity contribution in [3.63, 3.8) is 0 Å². The van der Waals surface area contributed by atoms with E-state index in [9.17, 15) is 0 Å². The molecule has 4 heteroatoms. The molecule has 2 fully saturated rings. The van der Waals surface area contributed by atoms with Crippen LogP contribution in [0.4, 0.5) is 0 Å². The predicted molar refractivity (Wildman–Crippen MR) is 57.6 cm³/mol. The Morgan fingerprint density at radius 3 is 2.50 bits per heavy atom. The van der Waals surface area contributed by atoms with Crippen LogP contribution >= 0.6 is 0 Å². The summed E-state index contributed by atoms with van der Waals surface area (Å²) >= 11 is 0. The molecule has 0 amide bonds. The van der Waals surface area contributed by atoms with Crippen molar-refractivity contribution in [1.82, 2.24) is 20.7 Å². The summed E-state index contributed by atoms with van der Waals surface area (Å²) in [7, 11) is 0. The molecule has 0 aromatic rings. The van der Waals surface area contributed by atoms with Gasteiger partial charge < -0.3 is 0 Å². The van der Waals surface area contributed by atoms with Gasteiger partial charge in [-0.25, -0.2) is 10.9 Å². The summed E-state index contributed by atoms with van der Waals surface area (Å²) in [5.41, 5.74) is 6.92. The van der Waals surface area contributed by atoms with E-state index in [2.05, 4.69) is 48.3 Å². The summed E-state index contributed by atoms with van der Waals surface area (Å²) in [6.45, 7) is 12.5. The van der Waals surface area contributed by atoms with Gasteiger partial charge in [0.2, 0.25) is 0 Å². The van der Waals surface area contributed by atoms with Crippen LogP contribution in [0.5, 0.6) is 0 Å². The Balaban J connectivity index is 1.99. The van der Waals surface area contributed by atoms with Crippen LogP contribution in [0.1, 0.15) is 27.7 Å². The van der Waals surface area contributed by atoms with E-state index in [-0.39, 0.29) is 0 Å². The van der Waals surface area contributed by atoms with Gasteiger partial charge in [0, 0.05) is 25.2 Å². The third-order valence-corrected chi connectivity index (χ3v) is 3.33. The molecule has 2 N–H and O–H groups in total. The van der Waals surface area contributed by atoms with Crippen molar-refractivity contribution >= 4 is 0 Å². The van der Waals surface area contributed by atoms with Crippen molar-refractivity contribution < 1.29 is 0 Å². The maximum Gasteiger partial charge on any atom is 0.0871 e. The lowest BCUT2D eigenvalue weighted by Gasteiger charge is -2.44. The first kappa shape index (κ1) is 10.4. The number of rotatable bonds is 0. The summed E-state index contributed by atoms with van der Waals surface area (Å²) in [4.78, 5) is 5.03. The van der Waals surface area contributed by atoms with Crippen molar-refractivity contribution in [2.75, 3.05) is 19.6 Å². The van der Waals surface area contributed by atoms with Crippen LogP contribution in [-0.4, -0.2) is 47.3 Å². The minimum atomic E-state index is 0.291. The van der Waals surface area contributed by atoms with Crippen LogP contribution in [0.25, 0.3) is 0 Å². The van der Waals surface area contributed by atoms with Crippen molar-refractivity contribution in [2.45, 2.75) is 45.6 Å². The van der Waals surface area contributed by atoms with E-state index in [0.717, 1.165) is 13.1 Å². The van der Waals surface area contributed by atoms with Gasteiger partial charge in [0.25, 0.3) is 0 Å². The molecule has 0 bridgehead atoms. The van der Waals surface area contributed by atoms with E-state index < -0.39 is 0 Å². The summed E-state index contributed by atoms with van der Waals surface area (Å²) in [6, 6.07) is 0. The standard InChI is InChI=1S/C10H22N4/c1-8-11-12-9-7-13(10(2,3)4)5-6-14(8)9/h8-9,11-12H,5-7H2,1-4H3. The summed E-state index contributed by atoms with van der Waals surface area (Å²) < 4.78 is 0. The molecular weight excluding hydrogens is 176 g/mol. The van der Waals surface area contributed by atoms with Gasteiger partial charge in [-0.15, -0.1) is 0 Å². The molecule has 0 spiro atoms. The second-order valence-corrected chi connectivity index (χ2v) is 5.34. The van der Waals surface area contributed by atoms with Crippen LogP contribution in [0, 0.1) is 0 Å². The zero-order chi connectivity index (χ0) is 10.3. The lowest BCUT2D eigenvalue weighted by Crippen LogP contribution is -2.59. The molecule has 0 radical (unpaired) electrons. The number of piperazine rings is 1. The molecule has 2 atom stereocenters. The normalized spacial score (nSPS) is 36.0. The topological polar surface area (TPSA) is 30.5 Å². The smallest absolute Gasteiger partial charge is 0.0871 e. The molecule has 0 saturated carbocycles. The molecule has 2 aliphatic heterocycles. The van der Waals surface area contributed by atoms with Gasteiger partial charge in [0.05, 0.1) is 12.3 Å². The van der Waals surface area contributed by atoms with Gasteiger partial charge >= 0.3 is 0 Å². The van der Waals surface area contributed by atoms with E-state index in [0.29, 0.717) is 17.9 Å². The maximum absolute atomic E-state index is 3.34. The largest absolute Gasteiger partial charge is 0.294 e. The molecule has 0 aromatic carbocycles. The second kappa shape index (κ2) is 3.45. The Morgan fingerprint density at radius 2 is 1.86 bits per heavy atom. The average Bonchev–Trinajstić information content (AvgIpc) is 2.46. The molecule has 14 heavy (non-hydrogen) atoms. The third-order valence-electron chi connectivity index (χ3n) is 3.33. The fraction of sp³-hybridized carbons (Fsp3) is 1.00. The maximum atomic E-state index is 3.34. The van der Waals surface area contributed by atoms with Gasteiger partial charge in [-0.3, -0.25) is 9.80 Å². The van der Waals surface area contributed by atoms with Crippen molar-refractivity contribution in [1.29, 1.82) is 0 Å². The molecule has 2 aliphatic rings. The van der Waals surface area contributed by atoms with Crippen LogP contribution in [0.2, 0.25) is 0 Å². The highest BCUT2D eigenvalue weighted by molar-refractivity contribution is 4.90. The minimum Gasteiger partial charge on any atom is -0.294 e. The zero-order valence-electron chi connectivity index (χ0n) is 9.67. The molecule has 82 valence electrons. The minimum absolute atomic E-state index is 0.291. The highest BCUT2D eigenvalue weighted by atomic mass is 15.6. The Morgan fingerprint density at radius 1 is 1.14 bits per heavy atom. The summed E-state index contributed by atoms with van der Waals surface area (Å²) in [5, 5.41) is 0. The number of hydrazine groups is 1. The molecule has 2 rings (SSSR count). The van der Waals surface area contributed by atoms with Gasteiger partial charge in [-0.1, -0.05) is 0 Å². The zero-order valence-corrected chi connectivity index (χ0v) is 9.67. The van der Waals surface area contributed by atoms with Gasteiger partial charge in [-0.05, 0) is 27.7 Å². The van der Waals surface area contributed by atoms with Crippen LogP contribution in [0.3, 0.4) is 0 Å². The first-order chi connectivity index (χ1) is 6.48. The predicted octanol–water partition coefficient (Wildman–Crippen LogP) is 0.182. The quantitative estimate of drug-likeness (QED) is 0.581. The van der Waals surface area contributed by atoms with E-state index in [4.69, 9.17) is 0 Å². The monoisotopic (exact) mass is 198 g/mol. The van der Waals surface area contributed by atoms with Gasteiger partial charge in [0.15, 0.2) is 0 Å². The molecule has 2 saturated heterocycles. The Bertz CT molecular complexity index is 211. The van der Waals surface area contributed by atoms with Crippen molar-refractivity contribution in [3.05, 3.63) is 0 Å². The molecule has 2 unspecified atom stereocenters. The fourth-order valence-corrected chi connectivity index (χ4v) is 2.30. The Labute approximate surface area is 86.6 Å². The lowest BCUT2D eigenvalue weighted by atomic mass is 10.0. The van der Waals surface area contributed by atoms with Gasteiger partial charge in [0.1, 0.15) is 0 Å². The number of hydrogen-bond donors (Lipinski definition) is 2. The SMILES string of the molecule is CC1NNC2CN(C(C)(C)C)CCN12. The molecule has 0 aromatic heterocycles. The third kappa shape index (κ3) is 1.80. The summed E-state index contributed by atoms with van der Waals surface area (Å²) in [5.74, 6) is 0. The van der Waals surface area contributed by atoms with E-state index >= 15 is 0 Å². The highest BCUT2D eigenvalue weighted by Crippen LogP contribution is 2.20. The number of nitrogens with zero attached hydrogens (tertiary/aromatic N) is 2. The average molecular weight is 198 g/mol. The van der Waals surface area contributed by atoms with Crippen LogP contribution < -0.4 is 10.9 Å². The number of nitrogens with one attached hydrogen (secondary N) is 2. The van der Waals surface area contributed by atoms with Crippen molar-refractivity contribution in [3.8, 4) is 0 Å². The highest BCUT2D eigenvalue weighted by Gasteiger charge is 2.37. The first-order valence-electron chi connectivity index (χ1n) is 5.50. The molecule has 4 nitrogen and oxygen atoms in total. The second-order valence-electron chi connectivity index (χ2n) is 5.34. The Hall–Kier alpha value is -0.160. The summed E-state index contributed by atoms with van der Waals surface area (Å²) in [6.07, 6.45) is 0.958. The fourth-order valence-electron chi connectivity index (χ4n) is 2.30. The van der Waals surface area contributed by atoms with E-state index in [1.807, 2.05) is 0 Å². The van der Waals surface area contributed by atoms with E-state index in [1.165, 1.54) is 6.54 Å². The van der Waals surface area contributed by atoms with Crippen LogP contribution in [0.15, 0.2) is 0 Å². The van der Waals surface area contributed by atoms with Crippen LogP contribution in [-0.2, 0) is 0 Å². The molecule has 0 aliphatic carbocycles. The van der Waals surface area contributed by atoms with Gasteiger partial charge in [-0.2, -0.15) is 0 Å². The number of hydrogen-bond acceptors (Lipinski definition) is 4. The molecule has 2 heterocycles. The van der Waals surface area contributed by atoms with Crippen molar-refractivity contribution in [2.24, 2.45) is 0 Å². The molecular formula is C10H22N4. The van der Waals surface area contributed by atoms with E-state index in [1.54, 1.807) is 0 Å². The first-order valence-corrected chi connectivity index (χ1v) is 5.50.